The molecule has 2 N–H and O–H groups in total. The van der Waals surface area contributed by atoms with Crippen LogP contribution >= 0.6 is 22.9 Å². The number of aliphatic hydroxyl groups excluding tert-OH is 1. The average molecular weight is 342 g/mol. The summed E-state index contributed by atoms with van der Waals surface area (Å²) in [5, 5.41) is 12.5. The molecule has 2 unspecified atom stereocenters. The third-order valence-corrected chi connectivity index (χ3v) is 4.26. The second-order valence-corrected chi connectivity index (χ2v) is 6.41. The number of ketones is 1. The lowest BCUT2D eigenvalue weighted by atomic mass is 10.0. The molecule has 7 heteroatoms. The van der Waals surface area contributed by atoms with Crippen LogP contribution in [0.4, 0.5) is 4.39 Å². The molecule has 0 aliphatic rings. The molecule has 2 atom stereocenters. The number of thiophene rings is 1. The topological polar surface area (TPSA) is 66.4 Å². The molecule has 0 radical (unpaired) electrons. The highest BCUT2D eigenvalue weighted by Crippen LogP contribution is 2.22. The predicted octanol–water partition coefficient (Wildman–Crippen LogP) is 2.96. The van der Waals surface area contributed by atoms with E-state index in [0.717, 1.165) is 11.3 Å². The lowest BCUT2D eigenvalue weighted by Gasteiger charge is -2.20. The van der Waals surface area contributed by atoms with Crippen molar-refractivity contribution in [1.29, 1.82) is 0 Å². The number of benzene rings is 1. The molecule has 0 bridgehead atoms. The Kier molecular flexibility index (Phi) is 5.28. The van der Waals surface area contributed by atoms with Gasteiger partial charge >= 0.3 is 0 Å². The molecule has 4 nitrogen and oxygen atoms in total. The van der Waals surface area contributed by atoms with E-state index in [1.807, 2.05) is 0 Å². The van der Waals surface area contributed by atoms with Gasteiger partial charge in [0.25, 0.3) is 11.7 Å². The van der Waals surface area contributed by atoms with Crippen molar-refractivity contribution in [3.63, 3.8) is 0 Å². The van der Waals surface area contributed by atoms with E-state index in [0.29, 0.717) is 9.90 Å². The number of rotatable bonds is 5. The van der Waals surface area contributed by atoms with Crippen LogP contribution in [0.25, 0.3) is 0 Å². The molecule has 2 aromatic rings. The minimum atomic E-state index is -1.13. The number of halogens is 2. The average Bonchev–Trinajstić information content (AvgIpc) is 2.92. The van der Waals surface area contributed by atoms with Crippen molar-refractivity contribution < 1.29 is 19.1 Å². The second kappa shape index (κ2) is 7.00. The van der Waals surface area contributed by atoms with Gasteiger partial charge in [0, 0.05) is 0 Å². The van der Waals surface area contributed by atoms with Crippen LogP contribution in [0.2, 0.25) is 4.34 Å². The van der Waals surface area contributed by atoms with Crippen LogP contribution in [-0.2, 0) is 4.79 Å². The molecule has 1 amide bonds. The fraction of sp³-hybridized carbons (Fsp3) is 0.200. The van der Waals surface area contributed by atoms with E-state index in [-0.39, 0.29) is 4.88 Å². The molecular weight excluding hydrogens is 329 g/mol. The maximum Gasteiger partial charge on any atom is 0.293 e. The zero-order valence-corrected chi connectivity index (χ0v) is 13.1. The molecule has 1 aromatic carbocycles. The quantitative estimate of drug-likeness (QED) is 0.649. The summed E-state index contributed by atoms with van der Waals surface area (Å²) in [5.41, 5.74) is 0.319. The maximum atomic E-state index is 13.1. The van der Waals surface area contributed by atoms with Crippen LogP contribution < -0.4 is 5.32 Å². The van der Waals surface area contributed by atoms with Gasteiger partial charge in [-0.1, -0.05) is 23.7 Å². The zero-order chi connectivity index (χ0) is 16.3. The Hall–Kier alpha value is -1.76. The highest BCUT2D eigenvalue weighted by Gasteiger charge is 2.24. The molecule has 1 heterocycles. The van der Waals surface area contributed by atoms with Crippen LogP contribution in [0.1, 0.15) is 28.3 Å². The van der Waals surface area contributed by atoms with Gasteiger partial charge < -0.3 is 10.4 Å². The Labute approximate surface area is 135 Å². The van der Waals surface area contributed by atoms with E-state index in [9.17, 15) is 19.1 Å². The summed E-state index contributed by atoms with van der Waals surface area (Å²) in [6.07, 6.45) is -1.13. The molecular formula is C15H13ClFNO3S. The molecule has 116 valence electrons. The van der Waals surface area contributed by atoms with Crippen molar-refractivity contribution in [3.05, 3.63) is 57.0 Å². The molecule has 22 heavy (non-hydrogen) atoms. The van der Waals surface area contributed by atoms with Crippen molar-refractivity contribution in [3.8, 4) is 0 Å². The first-order valence-electron chi connectivity index (χ1n) is 6.42. The third-order valence-electron chi connectivity index (χ3n) is 3.03. The van der Waals surface area contributed by atoms with Gasteiger partial charge in [-0.25, -0.2) is 4.39 Å². The van der Waals surface area contributed by atoms with Crippen LogP contribution in [0.3, 0.4) is 0 Å². The number of aliphatic hydroxyl groups is 1. The summed E-state index contributed by atoms with van der Waals surface area (Å²) < 4.78 is 13.5. The molecule has 0 spiro atoms. The number of carbonyl (C=O) groups is 2. The Morgan fingerprint density at radius 2 is 2.05 bits per heavy atom. The van der Waals surface area contributed by atoms with E-state index in [1.165, 1.54) is 43.3 Å². The SMILES string of the molecule is CC(NC(=O)C(=O)c1ccc(Cl)s1)C(O)c1cccc(F)c1. The number of nitrogens with one attached hydrogen (secondary N) is 1. The van der Waals surface area contributed by atoms with Crippen LogP contribution in [0.5, 0.6) is 0 Å². The Balaban J connectivity index is 2.03. The van der Waals surface area contributed by atoms with Crippen LogP contribution in [0, 0.1) is 5.82 Å². The third kappa shape index (κ3) is 3.91. The van der Waals surface area contributed by atoms with E-state index in [1.54, 1.807) is 0 Å². The molecule has 0 aliphatic carbocycles. The number of hydrogen-bond donors (Lipinski definition) is 2. The first kappa shape index (κ1) is 16.6. The Morgan fingerprint density at radius 3 is 2.64 bits per heavy atom. The van der Waals surface area contributed by atoms with E-state index in [4.69, 9.17) is 11.6 Å². The number of carbonyl (C=O) groups excluding carboxylic acids is 2. The number of hydrogen-bond acceptors (Lipinski definition) is 4. The first-order valence-corrected chi connectivity index (χ1v) is 7.62. The standard InChI is InChI=1S/C15H13ClFNO3S/c1-8(13(19)9-3-2-4-10(17)7-9)18-15(21)14(20)11-5-6-12(16)22-11/h2-8,13,19H,1H3,(H,18,21). The van der Waals surface area contributed by atoms with Crippen LogP contribution in [0.15, 0.2) is 36.4 Å². The predicted molar refractivity (Wildman–Crippen MR) is 82.6 cm³/mol. The summed E-state index contributed by atoms with van der Waals surface area (Å²) >= 11 is 6.72. The minimum absolute atomic E-state index is 0.218. The minimum Gasteiger partial charge on any atom is -0.386 e. The lowest BCUT2D eigenvalue weighted by Crippen LogP contribution is -2.40. The monoisotopic (exact) mass is 341 g/mol. The van der Waals surface area contributed by atoms with Gasteiger partial charge in [-0.05, 0) is 36.8 Å². The second-order valence-electron chi connectivity index (χ2n) is 4.69. The van der Waals surface area contributed by atoms with Crippen molar-refractivity contribution in [2.75, 3.05) is 0 Å². The van der Waals surface area contributed by atoms with Gasteiger partial charge in [0.15, 0.2) is 0 Å². The largest absolute Gasteiger partial charge is 0.386 e. The summed E-state index contributed by atoms with van der Waals surface area (Å²) in [6.45, 7) is 1.53. The Bertz CT molecular complexity index is 704. The van der Waals surface area contributed by atoms with Gasteiger partial charge in [0.1, 0.15) is 5.82 Å². The molecule has 0 fully saturated rings. The van der Waals surface area contributed by atoms with Crippen molar-refractivity contribution in [2.45, 2.75) is 19.1 Å². The summed E-state index contributed by atoms with van der Waals surface area (Å²) in [5.74, 6) is -2.06. The van der Waals surface area contributed by atoms with E-state index < -0.39 is 29.7 Å². The molecule has 0 aliphatic heterocycles. The zero-order valence-electron chi connectivity index (χ0n) is 11.5. The molecule has 1 aromatic heterocycles. The summed E-state index contributed by atoms with van der Waals surface area (Å²) in [6, 6.07) is 7.66. The summed E-state index contributed by atoms with van der Waals surface area (Å²) in [7, 11) is 0. The summed E-state index contributed by atoms with van der Waals surface area (Å²) in [4.78, 5) is 24.0. The van der Waals surface area contributed by atoms with E-state index >= 15 is 0 Å². The fourth-order valence-electron chi connectivity index (χ4n) is 1.88. The molecule has 0 saturated heterocycles. The highest BCUT2D eigenvalue weighted by atomic mass is 35.5. The van der Waals surface area contributed by atoms with Gasteiger partial charge in [0.05, 0.1) is 21.4 Å². The fourth-order valence-corrected chi connectivity index (χ4v) is 2.86. The molecule has 2 rings (SSSR count). The van der Waals surface area contributed by atoms with Crippen molar-refractivity contribution in [1.82, 2.24) is 5.32 Å². The normalized spacial score (nSPS) is 13.5. The van der Waals surface area contributed by atoms with Gasteiger partial charge in [0.2, 0.25) is 0 Å². The molecule has 0 saturated carbocycles. The maximum absolute atomic E-state index is 13.1. The van der Waals surface area contributed by atoms with E-state index in [2.05, 4.69) is 5.32 Å². The van der Waals surface area contributed by atoms with Gasteiger partial charge in [-0.2, -0.15) is 0 Å². The van der Waals surface area contributed by atoms with Gasteiger partial charge in [-0.3, -0.25) is 9.59 Å². The lowest BCUT2D eigenvalue weighted by molar-refractivity contribution is -0.118. The first-order chi connectivity index (χ1) is 10.4. The van der Waals surface area contributed by atoms with Crippen molar-refractivity contribution >= 4 is 34.6 Å². The smallest absolute Gasteiger partial charge is 0.293 e. The van der Waals surface area contributed by atoms with Crippen molar-refractivity contribution in [2.24, 2.45) is 0 Å². The number of Topliss-reactive ketones (excluding diaryl/α,β-unsaturated/α-hetero) is 1. The van der Waals surface area contributed by atoms with Gasteiger partial charge in [-0.15, -0.1) is 11.3 Å². The number of amides is 1. The highest BCUT2D eigenvalue weighted by molar-refractivity contribution is 7.18. The Morgan fingerprint density at radius 1 is 1.32 bits per heavy atom. The van der Waals surface area contributed by atoms with Crippen LogP contribution in [-0.4, -0.2) is 22.8 Å².